The Bertz CT molecular complexity index is 1240. The maximum atomic E-state index is 13.1. The molecule has 8 heteroatoms. The Morgan fingerprint density at radius 2 is 1.70 bits per heavy atom. The highest BCUT2D eigenvalue weighted by Gasteiger charge is 2.29. The smallest absolute Gasteiger partial charge is 0.255 e. The highest BCUT2D eigenvalue weighted by molar-refractivity contribution is 7.89. The Kier molecular flexibility index (Phi) is 6.67. The SMILES string of the molecule is Cc1cc(C)n(-c2ccccc2NC(=O)c2ccc(S(=O)(=O)N(C)C3CCCCC3)cc2)n1. The lowest BCUT2D eigenvalue weighted by Gasteiger charge is -2.30. The molecule has 0 aliphatic heterocycles. The van der Waals surface area contributed by atoms with Gasteiger partial charge in [0.2, 0.25) is 10.0 Å². The zero-order valence-corrected chi connectivity index (χ0v) is 20.1. The Hall–Kier alpha value is -2.97. The highest BCUT2D eigenvalue weighted by Crippen LogP contribution is 2.27. The van der Waals surface area contributed by atoms with Crippen LogP contribution in [0.2, 0.25) is 0 Å². The molecular weight excluding hydrogens is 436 g/mol. The predicted molar refractivity (Wildman–Crippen MR) is 129 cm³/mol. The van der Waals surface area contributed by atoms with Crippen LogP contribution in [0.5, 0.6) is 0 Å². The Labute approximate surface area is 195 Å². The van der Waals surface area contributed by atoms with Gasteiger partial charge in [-0.1, -0.05) is 31.4 Å². The number of benzene rings is 2. The fraction of sp³-hybridized carbons (Fsp3) is 0.360. The highest BCUT2D eigenvalue weighted by atomic mass is 32.2. The third-order valence-corrected chi connectivity index (χ3v) is 8.20. The quantitative estimate of drug-likeness (QED) is 0.571. The number of aromatic nitrogens is 2. The van der Waals surface area contributed by atoms with Crippen molar-refractivity contribution in [3.05, 3.63) is 71.5 Å². The van der Waals surface area contributed by atoms with Crippen molar-refractivity contribution in [1.29, 1.82) is 0 Å². The number of aryl methyl sites for hydroxylation is 2. The summed E-state index contributed by atoms with van der Waals surface area (Å²) in [6.45, 7) is 3.88. The molecule has 174 valence electrons. The van der Waals surface area contributed by atoms with Gasteiger partial charge in [-0.25, -0.2) is 13.1 Å². The van der Waals surface area contributed by atoms with Crippen LogP contribution in [0.25, 0.3) is 5.69 Å². The lowest BCUT2D eigenvalue weighted by atomic mass is 9.96. The fourth-order valence-electron chi connectivity index (χ4n) is 4.42. The third-order valence-electron chi connectivity index (χ3n) is 6.27. The number of carbonyl (C=O) groups is 1. The number of hydrogen-bond acceptors (Lipinski definition) is 4. The second kappa shape index (κ2) is 9.49. The van der Waals surface area contributed by atoms with Crippen LogP contribution >= 0.6 is 0 Å². The Balaban J connectivity index is 1.52. The van der Waals surface area contributed by atoms with E-state index in [1.165, 1.54) is 16.4 Å². The molecule has 7 nitrogen and oxygen atoms in total. The number of anilines is 1. The van der Waals surface area contributed by atoms with E-state index in [0.29, 0.717) is 11.3 Å². The van der Waals surface area contributed by atoms with Gasteiger partial charge in [-0.05, 0) is 69.2 Å². The van der Waals surface area contributed by atoms with Crippen molar-refractivity contribution in [1.82, 2.24) is 14.1 Å². The van der Waals surface area contributed by atoms with E-state index in [2.05, 4.69) is 10.4 Å². The summed E-state index contributed by atoms with van der Waals surface area (Å²) < 4.78 is 29.4. The molecule has 1 fully saturated rings. The van der Waals surface area contributed by atoms with E-state index in [1.54, 1.807) is 23.9 Å². The second-order valence-electron chi connectivity index (χ2n) is 8.65. The number of amides is 1. The molecule has 1 N–H and O–H groups in total. The van der Waals surface area contributed by atoms with Gasteiger partial charge in [-0.15, -0.1) is 0 Å². The molecule has 0 atom stereocenters. The molecule has 1 heterocycles. The van der Waals surface area contributed by atoms with Crippen molar-refractivity contribution in [3.63, 3.8) is 0 Å². The average molecular weight is 467 g/mol. The lowest BCUT2D eigenvalue weighted by molar-refractivity contribution is 0.102. The third kappa shape index (κ3) is 4.86. The van der Waals surface area contributed by atoms with Crippen molar-refractivity contribution < 1.29 is 13.2 Å². The molecule has 0 radical (unpaired) electrons. The van der Waals surface area contributed by atoms with Crippen molar-refractivity contribution in [2.75, 3.05) is 12.4 Å². The molecule has 1 amide bonds. The standard InChI is InChI=1S/C25H30N4O3S/c1-18-17-19(2)29(27-18)24-12-8-7-11-23(24)26-25(30)20-13-15-22(16-14-20)33(31,32)28(3)21-9-5-4-6-10-21/h7-8,11-17,21H,4-6,9-10H2,1-3H3,(H,26,30). The van der Waals surface area contributed by atoms with Crippen molar-refractivity contribution in [2.24, 2.45) is 0 Å². The summed E-state index contributed by atoms with van der Waals surface area (Å²) in [6.07, 6.45) is 5.07. The summed E-state index contributed by atoms with van der Waals surface area (Å²) in [5, 5.41) is 7.44. The van der Waals surface area contributed by atoms with Crippen LogP contribution in [0.4, 0.5) is 5.69 Å². The molecule has 3 aromatic rings. The first-order valence-corrected chi connectivity index (χ1v) is 12.7. The topological polar surface area (TPSA) is 84.3 Å². The van der Waals surface area contributed by atoms with Gasteiger partial charge >= 0.3 is 0 Å². The molecule has 2 aromatic carbocycles. The normalized spacial score (nSPS) is 15.0. The molecule has 0 bridgehead atoms. The van der Waals surface area contributed by atoms with Crippen LogP contribution in [-0.2, 0) is 10.0 Å². The number of nitrogens with one attached hydrogen (secondary N) is 1. The van der Waals surface area contributed by atoms with Gasteiger partial charge in [0.15, 0.2) is 0 Å². The number of hydrogen-bond donors (Lipinski definition) is 1. The molecule has 1 aliphatic carbocycles. The molecule has 1 aromatic heterocycles. The van der Waals surface area contributed by atoms with Gasteiger partial charge in [-0.2, -0.15) is 9.40 Å². The largest absolute Gasteiger partial charge is 0.320 e. The van der Waals surface area contributed by atoms with Gasteiger partial charge in [0.05, 0.1) is 22.0 Å². The maximum absolute atomic E-state index is 13.1. The van der Waals surface area contributed by atoms with Gasteiger partial charge in [-0.3, -0.25) is 4.79 Å². The summed E-state index contributed by atoms with van der Waals surface area (Å²) in [5.41, 5.74) is 3.64. The monoisotopic (exact) mass is 466 g/mol. The number of para-hydroxylation sites is 2. The lowest BCUT2D eigenvalue weighted by Crippen LogP contribution is -2.38. The van der Waals surface area contributed by atoms with Gasteiger partial charge in [0, 0.05) is 24.3 Å². The number of carbonyl (C=O) groups excluding carboxylic acids is 1. The summed E-state index contributed by atoms with van der Waals surface area (Å²) in [6, 6.07) is 15.6. The van der Waals surface area contributed by atoms with E-state index >= 15 is 0 Å². The van der Waals surface area contributed by atoms with Gasteiger partial charge in [0.25, 0.3) is 5.91 Å². The predicted octanol–water partition coefficient (Wildman–Crippen LogP) is 4.69. The van der Waals surface area contributed by atoms with E-state index in [1.807, 2.05) is 44.2 Å². The van der Waals surface area contributed by atoms with Crippen LogP contribution < -0.4 is 5.32 Å². The van der Waals surface area contributed by atoms with Crippen LogP contribution in [0.3, 0.4) is 0 Å². The molecule has 0 saturated heterocycles. The molecule has 1 aliphatic rings. The molecule has 0 unspecified atom stereocenters. The van der Waals surface area contributed by atoms with E-state index in [4.69, 9.17) is 0 Å². The molecule has 33 heavy (non-hydrogen) atoms. The van der Waals surface area contributed by atoms with E-state index in [9.17, 15) is 13.2 Å². The van der Waals surface area contributed by atoms with Crippen molar-refractivity contribution >= 4 is 21.6 Å². The number of nitrogens with zero attached hydrogens (tertiary/aromatic N) is 3. The van der Waals surface area contributed by atoms with Gasteiger partial charge in [0.1, 0.15) is 0 Å². The minimum absolute atomic E-state index is 0.0395. The summed E-state index contributed by atoms with van der Waals surface area (Å²) in [5.74, 6) is -0.312. The first-order chi connectivity index (χ1) is 15.8. The number of sulfonamides is 1. The first-order valence-electron chi connectivity index (χ1n) is 11.3. The number of rotatable bonds is 6. The molecule has 0 spiro atoms. The van der Waals surface area contributed by atoms with E-state index in [0.717, 1.165) is 49.2 Å². The molecule has 4 rings (SSSR count). The van der Waals surface area contributed by atoms with Crippen LogP contribution in [0, 0.1) is 13.8 Å². The van der Waals surface area contributed by atoms with Crippen LogP contribution in [-0.4, -0.2) is 41.5 Å². The van der Waals surface area contributed by atoms with Gasteiger partial charge < -0.3 is 5.32 Å². The maximum Gasteiger partial charge on any atom is 0.255 e. The fourth-order valence-corrected chi connectivity index (χ4v) is 5.83. The summed E-state index contributed by atoms with van der Waals surface area (Å²) in [4.78, 5) is 13.1. The summed E-state index contributed by atoms with van der Waals surface area (Å²) in [7, 11) is -1.94. The Morgan fingerprint density at radius 3 is 2.33 bits per heavy atom. The molecular formula is C25H30N4O3S. The average Bonchev–Trinajstić information content (AvgIpc) is 3.17. The molecule has 1 saturated carbocycles. The van der Waals surface area contributed by atoms with E-state index in [-0.39, 0.29) is 16.8 Å². The zero-order valence-electron chi connectivity index (χ0n) is 19.3. The van der Waals surface area contributed by atoms with E-state index < -0.39 is 10.0 Å². The first kappa shape index (κ1) is 23.2. The minimum Gasteiger partial charge on any atom is -0.320 e. The minimum atomic E-state index is -3.60. The van der Waals surface area contributed by atoms with Crippen molar-refractivity contribution in [3.8, 4) is 5.69 Å². The zero-order chi connectivity index (χ0) is 23.6. The second-order valence-corrected chi connectivity index (χ2v) is 10.6. The summed E-state index contributed by atoms with van der Waals surface area (Å²) >= 11 is 0. The van der Waals surface area contributed by atoms with Crippen molar-refractivity contribution in [2.45, 2.75) is 56.9 Å². The van der Waals surface area contributed by atoms with Crippen LogP contribution in [0.1, 0.15) is 53.8 Å². The Morgan fingerprint density at radius 1 is 1.03 bits per heavy atom. The van der Waals surface area contributed by atoms with Crippen LogP contribution in [0.15, 0.2) is 59.5 Å².